The van der Waals surface area contributed by atoms with Crippen LogP contribution in [-0.2, 0) is 13.0 Å². The number of carbonyl (C=O) groups is 1. The van der Waals surface area contributed by atoms with Crippen molar-refractivity contribution in [2.75, 3.05) is 5.32 Å². The van der Waals surface area contributed by atoms with Gasteiger partial charge in [0, 0.05) is 31.2 Å². The van der Waals surface area contributed by atoms with Gasteiger partial charge in [0.05, 0.1) is 23.3 Å². The molecule has 0 radical (unpaired) electrons. The number of carbonyl (C=O) groups excluding carboxylic acids is 1. The summed E-state index contributed by atoms with van der Waals surface area (Å²) in [5, 5.41) is 2.83. The molecule has 0 fully saturated rings. The first kappa shape index (κ1) is 20.9. The summed E-state index contributed by atoms with van der Waals surface area (Å²) in [5.74, 6) is 0.503. The van der Waals surface area contributed by atoms with Crippen molar-refractivity contribution in [3.05, 3.63) is 101 Å². The van der Waals surface area contributed by atoms with E-state index in [-0.39, 0.29) is 11.1 Å². The third-order valence-corrected chi connectivity index (χ3v) is 6.10. The fraction of sp³-hybridized carbons (Fsp3) is 0.154. The molecule has 0 atom stereocenters. The quantitative estimate of drug-likeness (QED) is 0.421. The van der Waals surface area contributed by atoms with Crippen molar-refractivity contribution < 1.29 is 9.53 Å². The number of imidazole rings is 1. The maximum absolute atomic E-state index is 13.4. The average Bonchev–Trinajstić information content (AvgIpc) is 3.48. The van der Waals surface area contributed by atoms with Gasteiger partial charge in [-0.2, -0.15) is 0 Å². The Morgan fingerprint density at radius 3 is 2.69 bits per heavy atom. The lowest BCUT2D eigenvalue weighted by Gasteiger charge is -2.19. The second kappa shape index (κ2) is 8.60. The molecule has 0 saturated heterocycles. The highest BCUT2D eigenvalue weighted by atomic mass is 16.5. The zero-order valence-corrected chi connectivity index (χ0v) is 18.8. The SMILES string of the molecule is O=C(Nc1ccc(Oc2cccn3ccnc23)nc1)c1c2n(n(-c3ccccc3)c1=O)CCCC2. The highest BCUT2D eigenvalue weighted by Crippen LogP contribution is 2.25. The van der Waals surface area contributed by atoms with Crippen LogP contribution in [0.5, 0.6) is 11.6 Å². The Balaban J connectivity index is 1.26. The van der Waals surface area contributed by atoms with E-state index in [1.165, 1.54) is 6.20 Å². The van der Waals surface area contributed by atoms with Crippen LogP contribution >= 0.6 is 0 Å². The van der Waals surface area contributed by atoms with Crippen LogP contribution in [0.3, 0.4) is 0 Å². The molecule has 9 nitrogen and oxygen atoms in total. The molecule has 1 aromatic carbocycles. The van der Waals surface area contributed by atoms with Crippen molar-refractivity contribution in [2.45, 2.75) is 25.8 Å². The van der Waals surface area contributed by atoms with Crippen LogP contribution in [0.1, 0.15) is 28.9 Å². The Morgan fingerprint density at radius 1 is 0.971 bits per heavy atom. The maximum Gasteiger partial charge on any atom is 0.284 e. The molecule has 0 saturated carbocycles. The highest BCUT2D eigenvalue weighted by molar-refractivity contribution is 6.05. The van der Waals surface area contributed by atoms with Crippen molar-refractivity contribution in [3.8, 4) is 17.3 Å². The van der Waals surface area contributed by atoms with E-state index in [2.05, 4.69) is 15.3 Å². The van der Waals surface area contributed by atoms with Gasteiger partial charge in [-0.05, 0) is 49.6 Å². The minimum Gasteiger partial charge on any atom is -0.435 e. The number of ether oxygens (including phenoxy) is 1. The molecule has 1 N–H and O–H groups in total. The zero-order valence-electron chi connectivity index (χ0n) is 18.8. The summed E-state index contributed by atoms with van der Waals surface area (Å²) in [7, 11) is 0. The number of nitrogens with one attached hydrogen (secondary N) is 1. The van der Waals surface area contributed by atoms with Crippen LogP contribution in [-0.4, -0.2) is 29.6 Å². The van der Waals surface area contributed by atoms with E-state index in [1.54, 1.807) is 23.0 Å². The van der Waals surface area contributed by atoms with Crippen LogP contribution in [0.4, 0.5) is 5.69 Å². The summed E-state index contributed by atoms with van der Waals surface area (Å²) in [5.41, 5.74) is 2.53. The van der Waals surface area contributed by atoms with Crippen LogP contribution < -0.4 is 15.6 Å². The summed E-state index contributed by atoms with van der Waals surface area (Å²) in [6.45, 7) is 0.698. The fourth-order valence-electron chi connectivity index (χ4n) is 4.51. The topological polar surface area (TPSA) is 95.4 Å². The van der Waals surface area contributed by atoms with Gasteiger partial charge in [-0.1, -0.05) is 18.2 Å². The first-order valence-corrected chi connectivity index (χ1v) is 11.5. The lowest BCUT2D eigenvalue weighted by atomic mass is 10.1. The van der Waals surface area contributed by atoms with E-state index in [4.69, 9.17) is 4.74 Å². The predicted molar refractivity (Wildman–Crippen MR) is 130 cm³/mol. The van der Waals surface area contributed by atoms with Gasteiger partial charge in [-0.15, -0.1) is 0 Å². The van der Waals surface area contributed by atoms with Crippen LogP contribution in [0.25, 0.3) is 11.3 Å². The van der Waals surface area contributed by atoms with E-state index in [9.17, 15) is 9.59 Å². The Hall–Kier alpha value is -4.66. The summed E-state index contributed by atoms with van der Waals surface area (Å²) < 4.78 is 11.3. The van der Waals surface area contributed by atoms with Crippen LogP contribution in [0.15, 0.2) is 84.2 Å². The molecule has 0 bridgehead atoms. The number of benzene rings is 1. The first-order valence-electron chi connectivity index (χ1n) is 11.5. The molecule has 0 unspecified atom stereocenters. The Kier molecular flexibility index (Phi) is 5.14. The molecule has 5 heterocycles. The van der Waals surface area contributed by atoms with Gasteiger partial charge < -0.3 is 14.5 Å². The molecular weight excluding hydrogens is 444 g/mol. The molecule has 4 aromatic heterocycles. The van der Waals surface area contributed by atoms with Crippen molar-refractivity contribution in [3.63, 3.8) is 0 Å². The van der Waals surface area contributed by atoms with E-state index in [1.807, 2.05) is 63.9 Å². The predicted octanol–water partition coefficient (Wildman–Crippen LogP) is 4.06. The second-order valence-corrected chi connectivity index (χ2v) is 8.33. The lowest BCUT2D eigenvalue weighted by Crippen LogP contribution is -2.25. The molecule has 6 rings (SSSR count). The monoisotopic (exact) mass is 466 g/mol. The van der Waals surface area contributed by atoms with E-state index < -0.39 is 5.91 Å². The number of rotatable bonds is 5. The maximum atomic E-state index is 13.4. The van der Waals surface area contributed by atoms with Gasteiger partial charge in [-0.3, -0.25) is 14.3 Å². The van der Waals surface area contributed by atoms with Crippen LogP contribution in [0.2, 0.25) is 0 Å². The molecular formula is C26H22N6O3. The molecule has 0 spiro atoms. The molecule has 5 aromatic rings. The number of para-hydroxylation sites is 1. The Labute approximate surface area is 200 Å². The van der Waals surface area contributed by atoms with Gasteiger partial charge in [0.1, 0.15) is 5.56 Å². The number of nitrogens with zero attached hydrogens (tertiary/aromatic N) is 5. The smallest absolute Gasteiger partial charge is 0.284 e. The van der Waals surface area contributed by atoms with E-state index in [0.29, 0.717) is 35.9 Å². The minimum atomic E-state index is -0.437. The van der Waals surface area contributed by atoms with E-state index in [0.717, 1.165) is 24.2 Å². The zero-order chi connectivity index (χ0) is 23.8. The average molecular weight is 467 g/mol. The van der Waals surface area contributed by atoms with E-state index >= 15 is 0 Å². The van der Waals surface area contributed by atoms with Gasteiger partial charge in [0.2, 0.25) is 5.88 Å². The summed E-state index contributed by atoms with van der Waals surface area (Å²) >= 11 is 0. The summed E-state index contributed by atoms with van der Waals surface area (Å²) in [6.07, 6.45) is 9.51. The minimum absolute atomic E-state index is 0.180. The molecule has 35 heavy (non-hydrogen) atoms. The fourth-order valence-corrected chi connectivity index (χ4v) is 4.51. The van der Waals surface area contributed by atoms with Crippen molar-refractivity contribution in [1.82, 2.24) is 23.7 Å². The third kappa shape index (κ3) is 3.76. The van der Waals surface area contributed by atoms with Gasteiger partial charge in [-0.25, -0.2) is 14.6 Å². The normalized spacial score (nSPS) is 12.9. The number of pyridine rings is 2. The highest BCUT2D eigenvalue weighted by Gasteiger charge is 2.27. The molecule has 1 aliphatic heterocycles. The van der Waals surface area contributed by atoms with Crippen LogP contribution in [0, 0.1) is 0 Å². The molecule has 1 aliphatic rings. The molecule has 9 heteroatoms. The number of hydrogen-bond donors (Lipinski definition) is 1. The van der Waals surface area contributed by atoms with Gasteiger partial charge >= 0.3 is 0 Å². The second-order valence-electron chi connectivity index (χ2n) is 8.33. The largest absolute Gasteiger partial charge is 0.435 e. The summed E-state index contributed by atoms with van der Waals surface area (Å²) in [6, 6.07) is 16.4. The number of amides is 1. The lowest BCUT2D eigenvalue weighted by molar-refractivity contribution is 0.102. The number of fused-ring (bicyclic) bond motifs is 2. The number of hydrogen-bond acceptors (Lipinski definition) is 5. The Morgan fingerprint density at radius 2 is 1.86 bits per heavy atom. The first-order chi connectivity index (χ1) is 17.2. The number of anilines is 1. The van der Waals surface area contributed by atoms with Crippen molar-refractivity contribution in [2.24, 2.45) is 0 Å². The number of aromatic nitrogens is 5. The molecule has 1 amide bonds. The standard InChI is InChI=1S/C26H22N6O3/c33-25(23-20-9-4-5-15-31(20)32(26(23)34)19-7-2-1-3-8-19)29-18-11-12-22(28-17-18)35-21-10-6-14-30-16-13-27-24(21)30/h1-3,6-8,10-14,16-17H,4-5,9,15H2,(H,29,33). The Bertz CT molecular complexity index is 1580. The molecule has 174 valence electrons. The molecule has 0 aliphatic carbocycles. The van der Waals surface area contributed by atoms with Gasteiger partial charge in [0.15, 0.2) is 11.4 Å². The van der Waals surface area contributed by atoms with Crippen molar-refractivity contribution in [1.29, 1.82) is 0 Å². The van der Waals surface area contributed by atoms with Crippen molar-refractivity contribution >= 4 is 17.2 Å². The summed E-state index contributed by atoms with van der Waals surface area (Å²) in [4.78, 5) is 35.2. The third-order valence-electron chi connectivity index (χ3n) is 6.10. The van der Waals surface area contributed by atoms with Gasteiger partial charge in [0.25, 0.3) is 11.5 Å².